The summed E-state index contributed by atoms with van der Waals surface area (Å²) in [6, 6.07) is 15.3. The van der Waals surface area contributed by atoms with Crippen LogP contribution in [-0.4, -0.2) is 13.1 Å². The van der Waals surface area contributed by atoms with Crippen LogP contribution in [0.15, 0.2) is 48.5 Å². The van der Waals surface area contributed by atoms with Crippen molar-refractivity contribution in [2.45, 2.75) is 19.5 Å². The number of nitrogens with one attached hydrogen (secondary N) is 1. The van der Waals surface area contributed by atoms with Crippen LogP contribution >= 0.6 is 11.6 Å². The lowest BCUT2D eigenvalue weighted by atomic mass is 10.1. The van der Waals surface area contributed by atoms with Crippen molar-refractivity contribution in [3.05, 3.63) is 70.2 Å². The van der Waals surface area contributed by atoms with Gasteiger partial charge in [0.1, 0.15) is 0 Å². The molecule has 0 bridgehead atoms. The van der Waals surface area contributed by atoms with Crippen LogP contribution in [0.25, 0.3) is 0 Å². The Morgan fingerprint density at radius 1 is 1.24 bits per heavy atom. The number of hydrogen-bond donors (Lipinski definition) is 1. The van der Waals surface area contributed by atoms with Crippen molar-refractivity contribution in [3.8, 4) is 0 Å². The van der Waals surface area contributed by atoms with Crippen molar-refractivity contribution in [1.82, 2.24) is 5.32 Å². The minimum absolute atomic E-state index is 0.134. The average molecular weight is 304 g/mol. The van der Waals surface area contributed by atoms with Crippen LogP contribution < -0.4 is 5.32 Å². The van der Waals surface area contributed by atoms with Gasteiger partial charge in [0.25, 0.3) is 0 Å². The van der Waals surface area contributed by atoms with Gasteiger partial charge in [-0.1, -0.05) is 41.9 Å². The summed E-state index contributed by atoms with van der Waals surface area (Å²) in [6.07, 6.45) is 0. The largest absolute Gasteiger partial charge is 0.465 e. The van der Waals surface area contributed by atoms with Crippen LogP contribution in [0.4, 0.5) is 0 Å². The summed E-state index contributed by atoms with van der Waals surface area (Å²) in [6.45, 7) is 2.64. The molecule has 0 saturated carbocycles. The molecule has 21 heavy (non-hydrogen) atoms. The first kappa shape index (κ1) is 15.5. The number of benzene rings is 2. The molecule has 2 aromatic rings. The molecule has 0 fully saturated rings. The lowest BCUT2D eigenvalue weighted by Crippen LogP contribution is -2.20. The fraction of sp³-hybridized carbons (Fsp3) is 0.235. The quantitative estimate of drug-likeness (QED) is 0.849. The third kappa shape index (κ3) is 4.06. The first-order chi connectivity index (χ1) is 10.1. The van der Waals surface area contributed by atoms with Gasteiger partial charge in [-0.25, -0.2) is 4.79 Å². The third-order valence-electron chi connectivity index (χ3n) is 3.37. The Bertz CT molecular complexity index is 628. The Morgan fingerprint density at radius 2 is 2.00 bits per heavy atom. The molecule has 2 rings (SSSR count). The molecule has 3 nitrogen and oxygen atoms in total. The Morgan fingerprint density at radius 3 is 2.71 bits per heavy atom. The molecule has 0 unspecified atom stereocenters. The normalized spacial score (nSPS) is 12.0. The summed E-state index contributed by atoms with van der Waals surface area (Å²) < 4.78 is 4.80. The molecule has 0 aromatic heterocycles. The summed E-state index contributed by atoms with van der Waals surface area (Å²) in [5.74, 6) is -0.317. The fourth-order valence-electron chi connectivity index (χ4n) is 2.14. The van der Waals surface area contributed by atoms with Gasteiger partial charge in [-0.05, 0) is 36.2 Å². The molecule has 0 spiro atoms. The number of methoxy groups -OCH3 is 1. The predicted molar refractivity (Wildman–Crippen MR) is 84.5 cm³/mol. The van der Waals surface area contributed by atoms with Gasteiger partial charge < -0.3 is 10.1 Å². The van der Waals surface area contributed by atoms with E-state index in [1.165, 1.54) is 7.11 Å². The van der Waals surface area contributed by atoms with Crippen molar-refractivity contribution in [2.24, 2.45) is 0 Å². The second-order valence-electron chi connectivity index (χ2n) is 4.81. The number of carbonyl (C=O) groups is 1. The lowest BCUT2D eigenvalue weighted by Gasteiger charge is -2.16. The predicted octanol–water partition coefficient (Wildman–Crippen LogP) is 3.98. The molecule has 0 radical (unpaired) electrons. The maximum absolute atomic E-state index is 11.7. The Kier molecular flexibility index (Phi) is 5.37. The third-order valence-corrected chi connectivity index (χ3v) is 3.61. The van der Waals surface area contributed by atoms with Gasteiger partial charge in [-0.3, -0.25) is 0 Å². The maximum Gasteiger partial charge on any atom is 0.338 e. The van der Waals surface area contributed by atoms with Gasteiger partial charge in [0.2, 0.25) is 0 Å². The molecule has 0 aliphatic carbocycles. The van der Waals surface area contributed by atoms with Crippen LogP contribution in [0.5, 0.6) is 0 Å². The minimum atomic E-state index is -0.317. The molecule has 110 valence electrons. The maximum atomic E-state index is 11.7. The average Bonchev–Trinajstić information content (AvgIpc) is 2.52. The zero-order chi connectivity index (χ0) is 15.2. The van der Waals surface area contributed by atoms with Gasteiger partial charge >= 0.3 is 5.97 Å². The molecule has 0 heterocycles. The van der Waals surface area contributed by atoms with Gasteiger partial charge in [-0.15, -0.1) is 0 Å². The monoisotopic (exact) mass is 303 g/mol. The van der Waals surface area contributed by atoms with Crippen molar-refractivity contribution < 1.29 is 9.53 Å². The number of hydrogen-bond acceptors (Lipinski definition) is 3. The molecule has 0 saturated heterocycles. The van der Waals surface area contributed by atoms with E-state index in [0.29, 0.717) is 12.1 Å². The molecular weight excluding hydrogens is 286 g/mol. The summed E-state index contributed by atoms with van der Waals surface area (Å²) in [5.41, 5.74) is 2.61. The fourth-order valence-corrected chi connectivity index (χ4v) is 2.34. The van der Waals surface area contributed by atoms with Crippen LogP contribution in [0, 0.1) is 0 Å². The van der Waals surface area contributed by atoms with E-state index in [9.17, 15) is 4.79 Å². The van der Waals surface area contributed by atoms with Gasteiger partial charge in [0.15, 0.2) is 0 Å². The standard InChI is InChI=1S/C17H18ClNO2/c1-12(13-7-5-8-15(18)10-13)19-11-14-6-3-4-9-16(14)17(20)21-2/h3-10,12,19H,11H2,1-2H3/t12-/m1/s1. The summed E-state index contributed by atoms with van der Waals surface area (Å²) >= 11 is 6.00. The highest BCUT2D eigenvalue weighted by molar-refractivity contribution is 6.30. The van der Waals surface area contributed by atoms with Crippen LogP contribution in [0.3, 0.4) is 0 Å². The van der Waals surface area contributed by atoms with Crippen molar-refractivity contribution >= 4 is 17.6 Å². The topological polar surface area (TPSA) is 38.3 Å². The summed E-state index contributed by atoms with van der Waals surface area (Å²) in [7, 11) is 1.39. The van der Waals surface area contributed by atoms with E-state index in [4.69, 9.17) is 16.3 Å². The Hall–Kier alpha value is -1.84. The van der Waals surface area contributed by atoms with E-state index >= 15 is 0 Å². The second kappa shape index (κ2) is 7.25. The SMILES string of the molecule is COC(=O)c1ccccc1CN[C@H](C)c1cccc(Cl)c1. The number of rotatable bonds is 5. The molecule has 4 heteroatoms. The van der Waals surface area contributed by atoms with E-state index in [1.54, 1.807) is 6.07 Å². The number of halogens is 1. The van der Waals surface area contributed by atoms with E-state index in [2.05, 4.69) is 12.2 Å². The van der Waals surface area contributed by atoms with E-state index in [1.807, 2.05) is 42.5 Å². The molecule has 2 aromatic carbocycles. The highest BCUT2D eigenvalue weighted by atomic mass is 35.5. The minimum Gasteiger partial charge on any atom is -0.465 e. The molecule has 0 aliphatic heterocycles. The van der Waals surface area contributed by atoms with Gasteiger partial charge in [0.05, 0.1) is 12.7 Å². The second-order valence-corrected chi connectivity index (χ2v) is 5.24. The van der Waals surface area contributed by atoms with Crippen molar-refractivity contribution in [3.63, 3.8) is 0 Å². The van der Waals surface area contributed by atoms with E-state index in [0.717, 1.165) is 16.1 Å². The highest BCUT2D eigenvalue weighted by Crippen LogP contribution is 2.18. The smallest absolute Gasteiger partial charge is 0.338 e. The zero-order valence-electron chi connectivity index (χ0n) is 12.1. The number of esters is 1. The lowest BCUT2D eigenvalue weighted by molar-refractivity contribution is 0.0599. The first-order valence-electron chi connectivity index (χ1n) is 6.77. The Labute approximate surface area is 129 Å². The zero-order valence-corrected chi connectivity index (χ0v) is 12.9. The number of ether oxygens (including phenoxy) is 1. The van der Waals surface area contributed by atoms with Gasteiger partial charge in [-0.2, -0.15) is 0 Å². The van der Waals surface area contributed by atoms with Crippen molar-refractivity contribution in [2.75, 3.05) is 7.11 Å². The summed E-state index contributed by atoms with van der Waals surface area (Å²) in [5, 5.41) is 4.11. The first-order valence-corrected chi connectivity index (χ1v) is 7.14. The van der Waals surface area contributed by atoms with Crippen molar-refractivity contribution in [1.29, 1.82) is 0 Å². The highest BCUT2D eigenvalue weighted by Gasteiger charge is 2.12. The van der Waals surface area contributed by atoms with Crippen LogP contribution in [0.2, 0.25) is 5.02 Å². The molecular formula is C17H18ClNO2. The summed E-state index contributed by atoms with van der Waals surface area (Å²) in [4.78, 5) is 11.7. The molecule has 0 amide bonds. The molecule has 1 atom stereocenters. The van der Waals surface area contributed by atoms with Gasteiger partial charge in [0, 0.05) is 17.6 Å². The Balaban J connectivity index is 2.08. The molecule has 1 N–H and O–H groups in total. The van der Waals surface area contributed by atoms with E-state index < -0.39 is 0 Å². The number of carbonyl (C=O) groups excluding carboxylic acids is 1. The molecule has 0 aliphatic rings. The van der Waals surface area contributed by atoms with Crippen LogP contribution in [0.1, 0.15) is 34.5 Å². The van der Waals surface area contributed by atoms with Crippen LogP contribution in [-0.2, 0) is 11.3 Å². The van der Waals surface area contributed by atoms with E-state index in [-0.39, 0.29) is 12.0 Å².